The molecule has 4 nitrogen and oxygen atoms in total. The summed E-state index contributed by atoms with van der Waals surface area (Å²) >= 11 is 0. The van der Waals surface area contributed by atoms with Gasteiger partial charge in [-0.2, -0.15) is 0 Å². The van der Waals surface area contributed by atoms with E-state index >= 15 is 0 Å². The predicted molar refractivity (Wildman–Crippen MR) is 90.8 cm³/mol. The molecule has 0 aliphatic carbocycles. The van der Waals surface area contributed by atoms with E-state index in [1.807, 2.05) is 19.1 Å². The van der Waals surface area contributed by atoms with E-state index in [1.54, 1.807) is 12.1 Å². The van der Waals surface area contributed by atoms with Crippen LogP contribution in [0.3, 0.4) is 0 Å². The number of carbonyl (C=O) groups is 1. The minimum atomic E-state index is -0.264. The molecule has 1 atom stereocenters. The first-order valence-corrected chi connectivity index (χ1v) is 8.43. The highest BCUT2D eigenvalue weighted by molar-refractivity contribution is 5.81. The maximum Gasteiger partial charge on any atom is 0.236 e. The van der Waals surface area contributed by atoms with E-state index < -0.39 is 0 Å². The molecule has 0 unspecified atom stereocenters. The number of hydrogen-bond acceptors (Lipinski definition) is 3. The number of hydrogen-bond donors (Lipinski definition) is 3. The van der Waals surface area contributed by atoms with Crippen molar-refractivity contribution in [2.75, 3.05) is 6.54 Å². The number of nitrogens with one attached hydrogen (secondary N) is 2. The summed E-state index contributed by atoms with van der Waals surface area (Å²) < 4.78 is 0. The number of aromatic hydroxyl groups is 1. The second kappa shape index (κ2) is 11.1. The SMILES string of the molecule is CCCCCCCCNC(=O)[C@H](C)NCc1ccccc1O. The molecule has 1 aromatic rings. The Kier molecular flexibility index (Phi) is 9.31. The predicted octanol–water partition coefficient (Wildman–Crippen LogP) is 3.35. The van der Waals surface area contributed by atoms with Gasteiger partial charge in [0.25, 0.3) is 0 Å². The molecule has 124 valence electrons. The summed E-state index contributed by atoms with van der Waals surface area (Å²) in [4.78, 5) is 11.9. The minimum Gasteiger partial charge on any atom is -0.508 e. The smallest absolute Gasteiger partial charge is 0.236 e. The molecule has 4 heteroatoms. The summed E-state index contributed by atoms with van der Waals surface area (Å²) in [6, 6.07) is 6.90. The normalized spacial score (nSPS) is 12.1. The molecule has 3 N–H and O–H groups in total. The molecule has 0 aromatic heterocycles. The van der Waals surface area contributed by atoms with Gasteiger partial charge in [0.1, 0.15) is 5.75 Å². The van der Waals surface area contributed by atoms with Crippen LogP contribution in [0.1, 0.15) is 57.9 Å². The molecular formula is C18H30N2O2. The fourth-order valence-electron chi connectivity index (χ4n) is 2.29. The first kappa shape index (κ1) is 18.5. The Balaban J connectivity index is 2.13. The maximum absolute atomic E-state index is 11.9. The van der Waals surface area contributed by atoms with Crippen LogP contribution in [-0.2, 0) is 11.3 Å². The van der Waals surface area contributed by atoms with E-state index in [0.717, 1.165) is 18.5 Å². The van der Waals surface area contributed by atoms with Gasteiger partial charge in [-0.3, -0.25) is 4.79 Å². The molecule has 1 rings (SSSR count). The molecule has 0 fully saturated rings. The molecule has 0 saturated heterocycles. The Labute approximate surface area is 134 Å². The zero-order chi connectivity index (χ0) is 16.2. The van der Waals surface area contributed by atoms with Crippen molar-refractivity contribution in [3.63, 3.8) is 0 Å². The van der Waals surface area contributed by atoms with Crippen LogP contribution >= 0.6 is 0 Å². The number of phenols is 1. The maximum atomic E-state index is 11.9. The number of benzene rings is 1. The van der Waals surface area contributed by atoms with Gasteiger partial charge in [0.15, 0.2) is 0 Å². The summed E-state index contributed by atoms with van der Waals surface area (Å²) in [5.74, 6) is 0.277. The highest BCUT2D eigenvalue weighted by Crippen LogP contribution is 2.14. The fourth-order valence-corrected chi connectivity index (χ4v) is 2.29. The van der Waals surface area contributed by atoms with Crippen LogP contribution in [0, 0.1) is 0 Å². The van der Waals surface area contributed by atoms with E-state index in [0.29, 0.717) is 6.54 Å². The Bertz CT molecular complexity index is 435. The Hall–Kier alpha value is -1.55. The van der Waals surface area contributed by atoms with Gasteiger partial charge in [-0.05, 0) is 19.4 Å². The van der Waals surface area contributed by atoms with Crippen molar-refractivity contribution in [3.8, 4) is 5.75 Å². The molecular weight excluding hydrogens is 276 g/mol. The fraction of sp³-hybridized carbons (Fsp3) is 0.611. The first-order valence-electron chi connectivity index (χ1n) is 8.43. The standard InChI is InChI=1S/C18H30N2O2/c1-3-4-5-6-7-10-13-19-18(22)15(2)20-14-16-11-8-9-12-17(16)21/h8-9,11-12,15,20-21H,3-7,10,13-14H2,1-2H3,(H,19,22)/t15-/m0/s1. The second-order valence-corrected chi connectivity index (χ2v) is 5.79. The average molecular weight is 306 g/mol. The summed E-state index contributed by atoms with van der Waals surface area (Å²) in [5, 5.41) is 15.8. The highest BCUT2D eigenvalue weighted by atomic mass is 16.3. The Morgan fingerprint density at radius 1 is 1.14 bits per heavy atom. The van der Waals surface area contributed by atoms with E-state index in [-0.39, 0.29) is 17.7 Å². The van der Waals surface area contributed by atoms with Crippen molar-refractivity contribution in [3.05, 3.63) is 29.8 Å². The van der Waals surface area contributed by atoms with Gasteiger partial charge < -0.3 is 15.7 Å². The summed E-state index contributed by atoms with van der Waals surface area (Å²) in [6.45, 7) is 5.28. The monoisotopic (exact) mass is 306 g/mol. The molecule has 0 aliphatic heterocycles. The molecule has 0 aliphatic rings. The molecule has 22 heavy (non-hydrogen) atoms. The quantitative estimate of drug-likeness (QED) is 0.549. The van der Waals surface area contributed by atoms with Gasteiger partial charge in [0, 0.05) is 18.7 Å². The van der Waals surface area contributed by atoms with E-state index in [9.17, 15) is 9.90 Å². The van der Waals surface area contributed by atoms with Gasteiger partial charge in [0.2, 0.25) is 5.91 Å². The number of unbranched alkanes of at least 4 members (excludes halogenated alkanes) is 5. The largest absolute Gasteiger partial charge is 0.508 e. The lowest BCUT2D eigenvalue weighted by Gasteiger charge is -2.14. The molecule has 0 spiro atoms. The lowest BCUT2D eigenvalue weighted by Crippen LogP contribution is -2.42. The first-order chi connectivity index (χ1) is 10.6. The van der Waals surface area contributed by atoms with E-state index in [4.69, 9.17) is 0 Å². The van der Waals surface area contributed by atoms with Crippen molar-refractivity contribution < 1.29 is 9.90 Å². The number of phenolic OH excluding ortho intramolecular Hbond substituents is 1. The number of amides is 1. The minimum absolute atomic E-state index is 0.0176. The number of para-hydroxylation sites is 1. The van der Waals surface area contributed by atoms with Crippen LogP contribution in [0.5, 0.6) is 5.75 Å². The van der Waals surface area contributed by atoms with Gasteiger partial charge in [-0.25, -0.2) is 0 Å². The molecule has 1 amide bonds. The van der Waals surface area contributed by atoms with Gasteiger partial charge in [0.05, 0.1) is 6.04 Å². The van der Waals surface area contributed by atoms with Crippen molar-refractivity contribution in [2.45, 2.75) is 65.0 Å². The molecule has 0 radical (unpaired) electrons. The summed E-state index contributed by atoms with van der Waals surface area (Å²) in [6.07, 6.45) is 7.34. The van der Waals surface area contributed by atoms with E-state index in [2.05, 4.69) is 17.6 Å². The van der Waals surface area contributed by atoms with E-state index in [1.165, 1.54) is 32.1 Å². The summed E-state index contributed by atoms with van der Waals surface area (Å²) in [5.41, 5.74) is 0.804. The highest BCUT2D eigenvalue weighted by Gasteiger charge is 2.11. The topological polar surface area (TPSA) is 61.4 Å². The molecule has 0 saturated carbocycles. The van der Waals surface area contributed by atoms with Crippen molar-refractivity contribution in [2.24, 2.45) is 0 Å². The lowest BCUT2D eigenvalue weighted by atomic mass is 10.1. The molecule has 1 aromatic carbocycles. The molecule has 0 heterocycles. The van der Waals surface area contributed by atoms with Crippen molar-refractivity contribution in [1.82, 2.24) is 10.6 Å². The van der Waals surface area contributed by atoms with Gasteiger partial charge in [-0.15, -0.1) is 0 Å². The molecule has 0 bridgehead atoms. The van der Waals surface area contributed by atoms with Crippen LogP contribution in [-0.4, -0.2) is 23.6 Å². The third kappa shape index (κ3) is 7.46. The average Bonchev–Trinajstić information content (AvgIpc) is 2.52. The van der Waals surface area contributed by atoms with Crippen LogP contribution < -0.4 is 10.6 Å². The van der Waals surface area contributed by atoms with Crippen molar-refractivity contribution >= 4 is 5.91 Å². The van der Waals surface area contributed by atoms with Crippen LogP contribution in [0.2, 0.25) is 0 Å². The van der Waals surface area contributed by atoms with Gasteiger partial charge >= 0.3 is 0 Å². The number of carbonyl (C=O) groups excluding carboxylic acids is 1. The second-order valence-electron chi connectivity index (χ2n) is 5.79. The third-order valence-corrected chi connectivity index (χ3v) is 3.81. The summed E-state index contributed by atoms with van der Waals surface area (Å²) in [7, 11) is 0. The zero-order valence-corrected chi connectivity index (χ0v) is 13.9. The third-order valence-electron chi connectivity index (χ3n) is 3.81. The van der Waals surface area contributed by atoms with Crippen LogP contribution in [0.4, 0.5) is 0 Å². The Morgan fingerprint density at radius 2 is 1.82 bits per heavy atom. The Morgan fingerprint density at radius 3 is 2.55 bits per heavy atom. The van der Waals surface area contributed by atoms with Gasteiger partial charge in [-0.1, -0.05) is 57.2 Å². The lowest BCUT2D eigenvalue weighted by molar-refractivity contribution is -0.122. The van der Waals surface area contributed by atoms with Crippen molar-refractivity contribution in [1.29, 1.82) is 0 Å². The van der Waals surface area contributed by atoms with Crippen LogP contribution in [0.15, 0.2) is 24.3 Å². The van der Waals surface area contributed by atoms with Crippen LogP contribution in [0.25, 0.3) is 0 Å². The zero-order valence-electron chi connectivity index (χ0n) is 13.9. The number of rotatable bonds is 11.